The normalized spacial score (nSPS) is 25.3. The molecule has 0 spiro atoms. The van der Waals surface area contributed by atoms with Gasteiger partial charge in [0.1, 0.15) is 0 Å². The van der Waals surface area contributed by atoms with Gasteiger partial charge < -0.3 is 10.0 Å². The van der Waals surface area contributed by atoms with E-state index in [1.165, 1.54) is 24.9 Å². The van der Waals surface area contributed by atoms with Gasteiger partial charge in [-0.15, -0.1) is 0 Å². The summed E-state index contributed by atoms with van der Waals surface area (Å²) < 4.78 is 0. The third-order valence-electron chi connectivity index (χ3n) is 3.77. The van der Waals surface area contributed by atoms with E-state index in [9.17, 15) is 5.11 Å². The molecule has 94 valence electrons. The van der Waals surface area contributed by atoms with Crippen LogP contribution in [0.1, 0.15) is 39.0 Å². The monoisotopic (exact) mass is 233 g/mol. The van der Waals surface area contributed by atoms with E-state index in [-0.39, 0.29) is 6.10 Å². The van der Waals surface area contributed by atoms with Crippen molar-refractivity contribution in [3.63, 3.8) is 0 Å². The Morgan fingerprint density at radius 3 is 2.53 bits per heavy atom. The van der Waals surface area contributed by atoms with Crippen LogP contribution in [0.25, 0.3) is 0 Å². The number of hydrogen-bond donors (Lipinski definition) is 1. The van der Waals surface area contributed by atoms with Crippen LogP contribution in [0, 0.1) is 0 Å². The van der Waals surface area contributed by atoms with E-state index < -0.39 is 0 Å². The zero-order valence-electron chi connectivity index (χ0n) is 10.7. The summed E-state index contributed by atoms with van der Waals surface area (Å²) in [5.74, 6) is 0. The first-order chi connectivity index (χ1) is 8.33. The molecule has 1 aromatic rings. The van der Waals surface area contributed by atoms with Gasteiger partial charge in [0.25, 0.3) is 0 Å². The lowest BCUT2D eigenvalue weighted by Crippen LogP contribution is -2.43. The van der Waals surface area contributed by atoms with Crippen LogP contribution in [0.4, 0.5) is 5.69 Å². The third kappa shape index (κ3) is 3.01. The zero-order chi connectivity index (χ0) is 12.1. The van der Waals surface area contributed by atoms with Gasteiger partial charge in [-0.3, -0.25) is 0 Å². The maximum absolute atomic E-state index is 10.3. The number of anilines is 1. The van der Waals surface area contributed by atoms with Crippen molar-refractivity contribution < 1.29 is 5.11 Å². The average molecular weight is 233 g/mol. The minimum Gasteiger partial charge on any atom is -0.391 e. The van der Waals surface area contributed by atoms with Gasteiger partial charge in [0, 0.05) is 12.2 Å². The molecule has 2 rings (SSSR count). The van der Waals surface area contributed by atoms with Crippen LogP contribution in [0.5, 0.6) is 0 Å². The topological polar surface area (TPSA) is 23.5 Å². The lowest BCUT2D eigenvalue weighted by molar-refractivity contribution is 0.133. The van der Waals surface area contributed by atoms with Crippen molar-refractivity contribution in [3.8, 4) is 0 Å². The molecular formula is C15H23NO. The van der Waals surface area contributed by atoms with E-state index in [4.69, 9.17) is 0 Å². The SMILES string of the molecule is CCN(c1ccccc1)[C@H]1CCCCC[C@@H]1O. The third-order valence-corrected chi connectivity index (χ3v) is 3.77. The quantitative estimate of drug-likeness (QED) is 0.810. The second-order valence-electron chi connectivity index (χ2n) is 4.89. The van der Waals surface area contributed by atoms with E-state index >= 15 is 0 Å². The van der Waals surface area contributed by atoms with E-state index in [1.807, 2.05) is 6.07 Å². The summed E-state index contributed by atoms with van der Waals surface area (Å²) in [7, 11) is 0. The van der Waals surface area contributed by atoms with Gasteiger partial charge in [0.2, 0.25) is 0 Å². The molecule has 1 fully saturated rings. The fourth-order valence-electron chi connectivity index (χ4n) is 2.86. The van der Waals surface area contributed by atoms with Crippen LogP contribution >= 0.6 is 0 Å². The fourth-order valence-corrected chi connectivity index (χ4v) is 2.86. The van der Waals surface area contributed by atoms with Crippen LogP contribution in [0.15, 0.2) is 30.3 Å². The highest BCUT2D eigenvalue weighted by Crippen LogP contribution is 2.26. The molecule has 0 aliphatic heterocycles. The van der Waals surface area contributed by atoms with Crippen LogP contribution in [-0.4, -0.2) is 23.8 Å². The van der Waals surface area contributed by atoms with Crippen molar-refractivity contribution in [2.24, 2.45) is 0 Å². The summed E-state index contributed by atoms with van der Waals surface area (Å²) >= 11 is 0. The van der Waals surface area contributed by atoms with Gasteiger partial charge in [0.15, 0.2) is 0 Å². The number of benzene rings is 1. The molecule has 1 N–H and O–H groups in total. The van der Waals surface area contributed by atoms with Crippen molar-refractivity contribution in [2.75, 3.05) is 11.4 Å². The predicted octanol–water partition coefficient (Wildman–Crippen LogP) is 3.21. The van der Waals surface area contributed by atoms with Gasteiger partial charge in [-0.25, -0.2) is 0 Å². The molecule has 2 atom stereocenters. The van der Waals surface area contributed by atoms with Gasteiger partial charge in [-0.1, -0.05) is 37.5 Å². The Hall–Kier alpha value is -1.02. The molecule has 0 unspecified atom stereocenters. The zero-order valence-corrected chi connectivity index (χ0v) is 10.7. The fraction of sp³-hybridized carbons (Fsp3) is 0.600. The second kappa shape index (κ2) is 6.06. The first kappa shape index (κ1) is 12.4. The highest BCUT2D eigenvalue weighted by atomic mass is 16.3. The number of aliphatic hydroxyl groups excluding tert-OH is 1. The smallest absolute Gasteiger partial charge is 0.0743 e. The Labute approximate surface area is 104 Å². The van der Waals surface area contributed by atoms with Crippen molar-refractivity contribution in [1.29, 1.82) is 0 Å². The molecule has 17 heavy (non-hydrogen) atoms. The molecule has 1 saturated carbocycles. The maximum atomic E-state index is 10.3. The van der Waals surface area contributed by atoms with Crippen LogP contribution < -0.4 is 4.90 Å². The van der Waals surface area contributed by atoms with Crippen LogP contribution in [-0.2, 0) is 0 Å². The average Bonchev–Trinajstić information content (AvgIpc) is 2.58. The number of aliphatic hydroxyl groups is 1. The summed E-state index contributed by atoms with van der Waals surface area (Å²) in [6.45, 7) is 3.14. The minimum absolute atomic E-state index is 0.169. The Morgan fingerprint density at radius 2 is 1.82 bits per heavy atom. The molecule has 0 amide bonds. The maximum Gasteiger partial charge on any atom is 0.0743 e. The first-order valence-corrected chi connectivity index (χ1v) is 6.82. The molecule has 1 aromatic carbocycles. The van der Waals surface area contributed by atoms with E-state index in [0.717, 1.165) is 19.4 Å². The number of nitrogens with zero attached hydrogens (tertiary/aromatic N) is 1. The summed E-state index contributed by atoms with van der Waals surface area (Å²) in [5, 5.41) is 10.3. The summed E-state index contributed by atoms with van der Waals surface area (Å²) in [6.07, 6.45) is 5.57. The van der Waals surface area contributed by atoms with E-state index in [0.29, 0.717) is 6.04 Å². The van der Waals surface area contributed by atoms with Crippen LogP contribution in [0.2, 0.25) is 0 Å². The molecule has 0 aromatic heterocycles. The summed E-state index contributed by atoms with van der Waals surface area (Å²) in [4.78, 5) is 2.36. The Balaban J connectivity index is 2.16. The van der Waals surface area contributed by atoms with Gasteiger partial charge in [-0.2, -0.15) is 0 Å². The number of rotatable bonds is 3. The molecule has 2 heteroatoms. The van der Waals surface area contributed by atoms with Crippen molar-refractivity contribution in [1.82, 2.24) is 0 Å². The first-order valence-electron chi connectivity index (χ1n) is 6.82. The van der Waals surface area contributed by atoms with Gasteiger partial charge >= 0.3 is 0 Å². The standard InChI is InChI=1S/C15H23NO/c1-2-16(13-9-5-3-6-10-13)14-11-7-4-8-12-15(14)17/h3,5-6,9-10,14-15,17H,2,4,7-8,11-12H2,1H3/t14-,15-/m0/s1. The molecule has 0 bridgehead atoms. The number of hydrogen-bond acceptors (Lipinski definition) is 2. The molecule has 0 heterocycles. The molecule has 0 saturated heterocycles. The Kier molecular flexibility index (Phi) is 4.43. The summed E-state index contributed by atoms with van der Waals surface area (Å²) in [5.41, 5.74) is 1.24. The van der Waals surface area contributed by atoms with E-state index in [1.54, 1.807) is 0 Å². The molecule has 1 aliphatic carbocycles. The largest absolute Gasteiger partial charge is 0.391 e. The Bertz CT molecular complexity index is 325. The van der Waals surface area contributed by atoms with Crippen LogP contribution in [0.3, 0.4) is 0 Å². The predicted molar refractivity (Wildman–Crippen MR) is 72.3 cm³/mol. The lowest BCUT2D eigenvalue weighted by atomic mass is 10.0. The summed E-state index contributed by atoms with van der Waals surface area (Å²) in [6, 6.07) is 10.8. The van der Waals surface area contributed by atoms with E-state index in [2.05, 4.69) is 36.1 Å². The molecule has 1 aliphatic rings. The highest BCUT2D eigenvalue weighted by molar-refractivity contribution is 5.47. The van der Waals surface area contributed by atoms with Gasteiger partial charge in [0.05, 0.1) is 12.1 Å². The molecular weight excluding hydrogens is 210 g/mol. The lowest BCUT2D eigenvalue weighted by Gasteiger charge is -2.35. The number of likely N-dealkylation sites (N-methyl/N-ethyl adjacent to an activating group) is 1. The van der Waals surface area contributed by atoms with Crippen molar-refractivity contribution in [3.05, 3.63) is 30.3 Å². The van der Waals surface area contributed by atoms with Crippen molar-refractivity contribution in [2.45, 2.75) is 51.2 Å². The van der Waals surface area contributed by atoms with Crippen molar-refractivity contribution >= 4 is 5.69 Å². The minimum atomic E-state index is -0.169. The molecule has 2 nitrogen and oxygen atoms in total. The Morgan fingerprint density at radius 1 is 1.12 bits per heavy atom. The highest BCUT2D eigenvalue weighted by Gasteiger charge is 2.26. The molecule has 0 radical (unpaired) electrons. The number of para-hydroxylation sites is 1. The second-order valence-corrected chi connectivity index (χ2v) is 4.89. The van der Waals surface area contributed by atoms with Gasteiger partial charge in [-0.05, 0) is 31.9 Å².